The summed E-state index contributed by atoms with van der Waals surface area (Å²) in [6, 6.07) is -0.310. The maximum atomic E-state index is 12.0. The molecule has 0 radical (unpaired) electrons. The van der Waals surface area contributed by atoms with Gasteiger partial charge >= 0.3 is 12.0 Å². The third-order valence-electron chi connectivity index (χ3n) is 3.29. The van der Waals surface area contributed by atoms with Gasteiger partial charge in [0.2, 0.25) is 5.95 Å². The van der Waals surface area contributed by atoms with Crippen LogP contribution < -0.4 is 16.6 Å². The number of nitrogens with zero attached hydrogens (tertiary/aromatic N) is 2. The van der Waals surface area contributed by atoms with Crippen molar-refractivity contribution < 1.29 is 14.3 Å². The number of H-pyrrole nitrogens is 1. The lowest BCUT2D eigenvalue weighted by Crippen LogP contribution is -2.45. The first-order valence-electron chi connectivity index (χ1n) is 7.07. The number of fused-ring (bicyclic) bond motifs is 1. The van der Waals surface area contributed by atoms with E-state index in [1.165, 1.54) is 4.90 Å². The first-order valence-corrected chi connectivity index (χ1v) is 7.07. The van der Waals surface area contributed by atoms with E-state index in [1.807, 2.05) is 0 Å². The fraction of sp³-hybridized carbons (Fsp3) is 0.538. The largest absolute Gasteiger partial charge is 0.466 e. The summed E-state index contributed by atoms with van der Waals surface area (Å²) in [5, 5.41) is 2.64. The fourth-order valence-corrected chi connectivity index (χ4v) is 2.25. The molecular weight excluding hydrogens is 290 g/mol. The first-order chi connectivity index (χ1) is 10.5. The highest BCUT2D eigenvalue weighted by Gasteiger charge is 2.24. The smallest absolute Gasteiger partial charge is 0.317 e. The third-order valence-corrected chi connectivity index (χ3v) is 3.29. The number of nitrogens with one attached hydrogen (secondary N) is 2. The van der Waals surface area contributed by atoms with Crippen LogP contribution in [0.25, 0.3) is 0 Å². The van der Waals surface area contributed by atoms with Gasteiger partial charge in [-0.3, -0.25) is 14.6 Å². The van der Waals surface area contributed by atoms with Crippen molar-refractivity contribution in [2.24, 2.45) is 0 Å². The van der Waals surface area contributed by atoms with Gasteiger partial charge in [0.15, 0.2) is 0 Å². The molecule has 0 saturated carbocycles. The van der Waals surface area contributed by atoms with Gasteiger partial charge in [-0.2, -0.15) is 0 Å². The van der Waals surface area contributed by atoms with Crippen molar-refractivity contribution in [2.75, 3.05) is 25.4 Å². The number of aromatic nitrogens is 2. The predicted octanol–water partition coefficient (Wildman–Crippen LogP) is -0.627. The van der Waals surface area contributed by atoms with E-state index in [0.29, 0.717) is 30.8 Å². The highest BCUT2D eigenvalue weighted by molar-refractivity contribution is 5.75. The van der Waals surface area contributed by atoms with Gasteiger partial charge in [0.25, 0.3) is 5.56 Å². The number of hydrogen-bond donors (Lipinski definition) is 3. The van der Waals surface area contributed by atoms with Gasteiger partial charge < -0.3 is 20.7 Å². The Morgan fingerprint density at radius 2 is 2.27 bits per heavy atom. The molecule has 4 N–H and O–H groups in total. The van der Waals surface area contributed by atoms with Crippen molar-refractivity contribution in [2.45, 2.75) is 26.3 Å². The number of aromatic amines is 1. The number of anilines is 1. The standard InChI is InChI=1S/C13H19N5O4/c1-2-22-10(19)3-5-15-13(21)18-6-4-8-9(7-18)16-12(14)17-11(8)20/h2-7H2,1H3,(H,15,21)(H3,14,16,17,20). The number of urea groups is 1. The van der Waals surface area contributed by atoms with E-state index in [9.17, 15) is 14.4 Å². The van der Waals surface area contributed by atoms with Gasteiger partial charge in [-0.15, -0.1) is 0 Å². The maximum absolute atomic E-state index is 12.0. The van der Waals surface area contributed by atoms with Crippen LogP contribution >= 0.6 is 0 Å². The number of rotatable bonds is 4. The number of esters is 1. The zero-order valence-electron chi connectivity index (χ0n) is 12.3. The fourth-order valence-electron chi connectivity index (χ4n) is 2.25. The van der Waals surface area contributed by atoms with Crippen molar-refractivity contribution in [3.63, 3.8) is 0 Å². The SMILES string of the molecule is CCOC(=O)CCNC(=O)N1CCc2c(nc(N)[nH]c2=O)C1. The molecular formula is C13H19N5O4. The molecule has 22 heavy (non-hydrogen) atoms. The number of amides is 2. The van der Waals surface area contributed by atoms with Crippen LogP contribution in [0.1, 0.15) is 24.6 Å². The second-order valence-electron chi connectivity index (χ2n) is 4.83. The number of carbonyl (C=O) groups excluding carboxylic acids is 2. The molecule has 0 fully saturated rings. The summed E-state index contributed by atoms with van der Waals surface area (Å²) >= 11 is 0. The molecule has 0 saturated heterocycles. The average Bonchev–Trinajstić information content (AvgIpc) is 2.46. The highest BCUT2D eigenvalue weighted by Crippen LogP contribution is 2.14. The number of carbonyl (C=O) groups is 2. The van der Waals surface area contributed by atoms with Crippen LogP contribution in [0, 0.1) is 0 Å². The lowest BCUT2D eigenvalue weighted by molar-refractivity contribution is -0.142. The monoisotopic (exact) mass is 309 g/mol. The molecule has 0 bridgehead atoms. The molecule has 0 aromatic carbocycles. The van der Waals surface area contributed by atoms with E-state index in [1.54, 1.807) is 6.92 Å². The van der Waals surface area contributed by atoms with E-state index >= 15 is 0 Å². The van der Waals surface area contributed by atoms with Crippen LogP contribution in [0.2, 0.25) is 0 Å². The summed E-state index contributed by atoms with van der Waals surface area (Å²) in [6.45, 7) is 2.87. The van der Waals surface area contributed by atoms with Crippen molar-refractivity contribution >= 4 is 17.9 Å². The second kappa shape index (κ2) is 6.92. The summed E-state index contributed by atoms with van der Waals surface area (Å²) in [4.78, 5) is 43.0. The Balaban J connectivity index is 1.90. The molecule has 2 amide bonds. The number of nitrogens with two attached hydrogens (primary N) is 1. The lowest BCUT2D eigenvalue weighted by atomic mass is 10.1. The van der Waals surface area contributed by atoms with Gasteiger partial charge in [0.1, 0.15) is 0 Å². The minimum absolute atomic E-state index is 0.0355. The van der Waals surface area contributed by atoms with Gasteiger partial charge in [0.05, 0.1) is 25.3 Å². The summed E-state index contributed by atoms with van der Waals surface area (Å²) < 4.78 is 4.78. The zero-order valence-corrected chi connectivity index (χ0v) is 12.3. The molecule has 120 valence electrons. The minimum Gasteiger partial charge on any atom is -0.466 e. The van der Waals surface area contributed by atoms with Crippen LogP contribution in [0.4, 0.5) is 10.7 Å². The van der Waals surface area contributed by atoms with Crippen molar-refractivity contribution in [3.8, 4) is 0 Å². The summed E-state index contributed by atoms with van der Waals surface area (Å²) in [5.74, 6) is -0.318. The Labute approximate surface area is 126 Å². The molecule has 0 unspecified atom stereocenters. The first kappa shape index (κ1) is 15.8. The van der Waals surface area contributed by atoms with Crippen LogP contribution in [0.5, 0.6) is 0 Å². The van der Waals surface area contributed by atoms with E-state index in [4.69, 9.17) is 10.5 Å². The number of hydrogen-bond acceptors (Lipinski definition) is 6. The van der Waals surface area contributed by atoms with Crippen LogP contribution in [0.15, 0.2) is 4.79 Å². The molecule has 0 aliphatic carbocycles. The van der Waals surface area contributed by atoms with Gasteiger partial charge in [0, 0.05) is 18.7 Å². The quantitative estimate of drug-likeness (QED) is 0.635. The van der Waals surface area contributed by atoms with E-state index in [2.05, 4.69) is 15.3 Å². The van der Waals surface area contributed by atoms with Gasteiger partial charge in [-0.05, 0) is 13.3 Å². The molecule has 9 heteroatoms. The Morgan fingerprint density at radius 3 is 3.00 bits per heavy atom. The topological polar surface area (TPSA) is 130 Å². The second-order valence-corrected chi connectivity index (χ2v) is 4.83. The van der Waals surface area contributed by atoms with E-state index in [0.717, 1.165) is 0 Å². The maximum Gasteiger partial charge on any atom is 0.317 e. The van der Waals surface area contributed by atoms with Crippen molar-refractivity contribution in [1.29, 1.82) is 0 Å². The zero-order chi connectivity index (χ0) is 16.1. The van der Waals surface area contributed by atoms with Crippen molar-refractivity contribution in [1.82, 2.24) is 20.2 Å². The van der Waals surface area contributed by atoms with E-state index in [-0.39, 0.29) is 43.0 Å². The normalized spacial score (nSPS) is 13.4. The molecule has 1 aliphatic rings. The molecule has 0 spiro atoms. The Kier molecular flexibility index (Phi) is 4.97. The average molecular weight is 309 g/mol. The molecule has 2 rings (SSSR count). The molecule has 1 aliphatic heterocycles. The molecule has 9 nitrogen and oxygen atoms in total. The van der Waals surface area contributed by atoms with Crippen LogP contribution in [-0.4, -0.2) is 46.6 Å². The summed E-state index contributed by atoms with van der Waals surface area (Å²) in [7, 11) is 0. The summed E-state index contributed by atoms with van der Waals surface area (Å²) in [6.07, 6.45) is 0.540. The van der Waals surface area contributed by atoms with Gasteiger partial charge in [-0.25, -0.2) is 9.78 Å². The van der Waals surface area contributed by atoms with Gasteiger partial charge in [-0.1, -0.05) is 0 Å². The predicted molar refractivity (Wildman–Crippen MR) is 78.0 cm³/mol. The third kappa shape index (κ3) is 3.74. The summed E-state index contributed by atoms with van der Waals surface area (Å²) in [5.41, 5.74) is 6.32. The highest BCUT2D eigenvalue weighted by atomic mass is 16.5. The van der Waals surface area contributed by atoms with Crippen molar-refractivity contribution in [3.05, 3.63) is 21.6 Å². The minimum atomic E-state index is -0.354. The van der Waals surface area contributed by atoms with Crippen LogP contribution in [-0.2, 0) is 22.5 Å². The molecule has 0 atom stereocenters. The molecule has 2 heterocycles. The molecule has 1 aromatic rings. The number of ether oxygens (including phenoxy) is 1. The Hall–Kier alpha value is -2.58. The Bertz CT molecular complexity index is 627. The Morgan fingerprint density at radius 1 is 1.50 bits per heavy atom. The lowest BCUT2D eigenvalue weighted by Gasteiger charge is -2.27. The number of nitrogen functional groups attached to an aromatic ring is 1. The van der Waals surface area contributed by atoms with E-state index < -0.39 is 0 Å². The van der Waals surface area contributed by atoms with Crippen LogP contribution in [0.3, 0.4) is 0 Å². The molecule has 1 aromatic heterocycles.